The van der Waals surface area contributed by atoms with Crippen LogP contribution in [0.4, 0.5) is 0 Å². The number of carboxylic acids is 1. The Morgan fingerprint density at radius 3 is 2.13 bits per heavy atom. The minimum absolute atomic E-state index is 0.211. The van der Waals surface area contributed by atoms with E-state index in [4.69, 9.17) is 0 Å². The zero-order valence-electron chi connectivity index (χ0n) is 16.2. The Morgan fingerprint density at radius 1 is 0.867 bits per heavy atom. The van der Waals surface area contributed by atoms with Crippen molar-refractivity contribution in [3.05, 3.63) is 70.8 Å². The van der Waals surface area contributed by atoms with Crippen molar-refractivity contribution in [1.29, 1.82) is 0 Å². The van der Waals surface area contributed by atoms with E-state index < -0.39 is 35.8 Å². The molecule has 7 heteroatoms. The van der Waals surface area contributed by atoms with Gasteiger partial charge in [-0.3, -0.25) is 19.3 Å². The molecular weight excluding hydrogens is 384 g/mol. The first-order valence-corrected chi connectivity index (χ1v) is 10.1. The van der Waals surface area contributed by atoms with Crippen molar-refractivity contribution in [2.75, 3.05) is 0 Å². The first kappa shape index (κ1) is 18.5. The van der Waals surface area contributed by atoms with E-state index in [0.717, 1.165) is 16.0 Å². The molecule has 0 aliphatic carbocycles. The number of benzene rings is 2. The molecule has 2 aromatic rings. The van der Waals surface area contributed by atoms with E-state index in [-0.39, 0.29) is 23.6 Å². The Kier molecular flexibility index (Phi) is 4.20. The third-order valence-electron chi connectivity index (χ3n) is 6.42. The van der Waals surface area contributed by atoms with Crippen molar-refractivity contribution in [1.82, 2.24) is 9.80 Å². The van der Waals surface area contributed by atoms with E-state index in [0.29, 0.717) is 19.3 Å². The number of hydrogen-bond acceptors (Lipinski definition) is 4. The molecule has 1 saturated heterocycles. The zero-order chi connectivity index (χ0) is 21.0. The van der Waals surface area contributed by atoms with Crippen LogP contribution < -0.4 is 0 Å². The number of hydrogen-bond donors (Lipinski definition) is 1. The molecule has 0 spiro atoms. The molecule has 1 N–H and O–H groups in total. The van der Waals surface area contributed by atoms with Crippen molar-refractivity contribution >= 4 is 23.7 Å². The van der Waals surface area contributed by atoms with Crippen molar-refractivity contribution < 1.29 is 24.3 Å². The molecule has 3 amide bonds. The smallest absolute Gasteiger partial charge is 0.326 e. The molecule has 3 aliphatic rings. The van der Waals surface area contributed by atoms with Gasteiger partial charge in [0, 0.05) is 6.42 Å². The second-order valence-corrected chi connectivity index (χ2v) is 7.99. The molecule has 30 heavy (non-hydrogen) atoms. The Hall–Kier alpha value is -3.48. The van der Waals surface area contributed by atoms with E-state index in [1.807, 2.05) is 24.3 Å². The van der Waals surface area contributed by atoms with Gasteiger partial charge in [0.25, 0.3) is 11.8 Å². The minimum atomic E-state index is -1.08. The summed E-state index contributed by atoms with van der Waals surface area (Å²) in [4.78, 5) is 54.1. The molecule has 7 nitrogen and oxygen atoms in total. The van der Waals surface area contributed by atoms with E-state index in [9.17, 15) is 24.3 Å². The van der Waals surface area contributed by atoms with Crippen LogP contribution in [0.5, 0.6) is 0 Å². The summed E-state index contributed by atoms with van der Waals surface area (Å²) < 4.78 is 0. The standard InChI is InChI=1S/C23H20N2O5/c26-20-15-8-3-4-9-16(15)21(27)25(20)18-11-5-10-17-14-7-2-1-6-13(14)12-19(23(29)30)24(17)22(18)28/h1-4,6-9,17-19H,5,10-12H2,(H,29,30)/t17-,18+,19+/m1/s1. The van der Waals surface area contributed by atoms with Crippen molar-refractivity contribution in [2.45, 2.75) is 43.8 Å². The van der Waals surface area contributed by atoms with Gasteiger partial charge in [-0.2, -0.15) is 0 Å². The number of rotatable bonds is 2. The fraction of sp³-hybridized carbons (Fsp3) is 0.304. The van der Waals surface area contributed by atoms with E-state index in [1.54, 1.807) is 24.3 Å². The Balaban J connectivity index is 1.56. The molecule has 0 radical (unpaired) electrons. The molecular formula is C23H20N2O5. The molecule has 0 unspecified atom stereocenters. The highest BCUT2D eigenvalue weighted by Crippen LogP contribution is 2.41. The molecule has 1 fully saturated rings. The third-order valence-corrected chi connectivity index (χ3v) is 6.42. The predicted molar refractivity (Wildman–Crippen MR) is 106 cm³/mol. The maximum atomic E-state index is 13.7. The van der Waals surface area contributed by atoms with Crippen LogP contribution in [-0.2, 0) is 16.0 Å². The first-order chi connectivity index (χ1) is 14.5. The monoisotopic (exact) mass is 404 g/mol. The van der Waals surface area contributed by atoms with Gasteiger partial charge in [0.05, 0.1) is 17.2 Å². The summed E-state index contributed by atoms with van der Waals surface area (Å²) in [6.07, 6.45) is 1.73. The molecule has 152 valence electrons. The molecule has 2 aromatic carbocycles. The highest BCUT2D eigenvalue weighted by molar-refractivity contribution is 6.22. The number of carbonyl (C=O) groups is 4. The summed E-state index contributed by atoms with van der Waals surface area (Å²) in [6, 6.07) is 11.7. The van der Waals surface area contributed by atoms with Gasteiger partial charge in [-0.05, 0) is 42.5 Å². The summed E-state index contributed by atoms with van der Waals surface area (Å²) in [6.45, 7) is 0. The second-order valence-electron chi connectivity index (χ2n) is 7.99. The largest absolute Gasteiger partial charge is 0.480 e. The normalized spacial score (nSPS) is 25.5. The lowest BCUT2D eigenvalue weighted by atomic mass is 9.86. The topological polar surface area (TPSA) is 95.0 Å². The number of carboxylic acid groups (broad SMARTS) is 1. The summed E-state index contributed by atoms with van der Waals surface area (Å²) >= 11 is 0. The van der Waals surface area contributed by atoms with Gasteiger partial charge in [0.15, 0.2) is 0 Å². The van der Waals surface area contributed by atoms with Gasteiger partial charge in [0.1, 0.15) is 12.1 Å². The number of aliphatic carboxylic acids is 1. The zero-order valence-corrected chi connectivity index (χ0v) is 16.2. The molecule has 3 heterocycles. The number of imide groups is 1. The number of carbonyl (C=O) groups excluding carboxylic acids is 3. The molecule has 0 saturated carbocycles. The number of nitrogens with zero attached hydrogens (tertiary/aromatic N) is 2. The third kappa shape index (κ3) is 2.58. The maximum absolute atomic E-state index is 13.7. The lowest BCUT2D eigenvalue weighted by Gasteiger charge is -2.42. The lowest BCUT2D eigenvalue weighted by molar-refractivity contribution is -0.154. The van der Waals surface area contributed by atoms with Crippen LogP contribution in [-0.4, -0.2) is 50.7 Å². The number of amides is 3. The van der Waals surface area contributed by atoms with Gasteiger partial charge >= 0.3 is 5.97 Å². The molecule has 5 rings (SSSR count). The van der Waals surface area contributed by atoms with Crippen LogP contribution >= 0.6 is 0 Å². The SMILES string of the molecule is O=C(O)[C@@H]1Cc2ccccc2[C@H]2CCC[C@H](N3C(=O)c4ccccc4C3=O)C(=O)N21. The summed E-state index contributed by atoms with van der Waals surface area (Å²) in [7, 11) is 0. The first-order valence-electron chi connectivity index (χ1n) is 10.1. The highest BCUT2D eigenvalue weighted by atomic mass is 16.4. The number of fused-ring (bicyclic) bond motifs is 4. The molecule has 0 bridgehead atoms. The lowest BCUT2D eigenvalue weighted by Crippen LogP contribution is -2.57. The van der Waals surface area contributed by atoms with Crippen molar-refractivity contribution in [3.63, 3.8) is 0 Å². The average Bonchev–Trinajstić information content (AvgIpc) is 2.89. The van der Waals surface area contributed by atoms with Crippen LogP contribution in [0.1, 0.15) is 57.1 Å². The summed E-state index contributed by atoms with van der Waals surface area (Å²) in [5.74, 6) is -2.52. The molecule has 3 aliphatic heterocycles. The van der Waals surface area contributed by atoms with Gasteiger partial charge in [-0.25, -0.2) is 4.79 Å². The van der Waals surface area contributed by atoms with Crippen molar-refractivity contribution in [2.24, 2.45) is 0 Å². The Morgan fingerprint density at radius 2 is 1.47 bits per heavy atom. The van der Waals surface area contributed by atoms with Gasteiger partial charge in [-0.15, -0.1) is 0 Å². The minimum Gasteiger partial charge on any atom is -0.480 e. The fourth-order valence-corrected chi connectivity index (χ4v) is 5.06. The predicted octanol–water partition coefficient (Wildman–Crippen LogP) is 2.41. The van der Waals surface area contributed by atoms with E-state index >= 15 is 0 Å². The van der Waals surface area contributed by atoms with Crippen LogP contribution in [0.3, 0.4) is 0 Å². The van der Waals surface area contributed by atoms with Gasteiger partial charge < -0.3 is 10.0 Å². The van der Waals surface area contributed by atoms with E-state index in [2.05, 4.69) is 0 Å². The van der Waals surface area contributed by atoms with Crippen LogP contribution in [0.25, 0.3) is 0 Å². The van der Waals surface area contributed by atoms with Crippen molar-refractivity contribution in [3.8, 4) is 0 Å². The molecule has 0 aromatic heterocycles. The Bertz CT molecular complexity index is 1060. The summed E-state index contributed by atoms with van der Waals surface area (Å²) in [5, 5.41) is 9.87. The maximum Gasteiger partial charge on any atom is 0.326 e. The van der Waals surface area contributed by atoms with Crippen LogP contribution in [0.2, 0.25) is 0 Å². The second kappa shape index (κ2) is 6.79. The highest BCUT2D eigenvalue weighted by Gasteiger charge is 2.49. The quantitative estimate of drug-likeness (QED) is 0.776. The van der Waals surface area contributed by atoms with Gasteiger partial charge in [0.2, 0.25) is 5.91 Å². The van der Waals surface area contributed by atoms with Crippen LogP contribution in [0, 0.1) is 0 Å². The average molecular weight is 404 g/mol. The van der Waals surface area contributed by atoms with E-state index in [1.165, 1.54) is 4.90 Å². The van der Waals surface area contributed by atoms with Gasteiger partial charge in [-0.1, -0.05) is 36.4 Å². The van der Waals surface area contributed by atoms with Crippen LogP contribution in [0.15, 0.2) is 48.5 Å². The fourth-order valence-electron chi connectivity index (χ4n) is 5.06. The molecule has 3 atom stereocenters. The summed E-state index contributed by atoms with van der Waals surface area (Å²) in [5.41, 5.74) is 2.45. The Labute approximate surface area is 172 Å².